The molecule has 0 heterocycles. The van der Waals surface area contributed by atoms with Crippen LogP contribution in [0.25, 0.3) is 0 Å². The summed E-state index contributed by atoms with van der Waals surface area (Å²) < 4.78 is 2.79. The molecule has 5 heteroatoms. The van der Waals surface area contributed by atoms with E-state index < -0.39 is 17.9 Å². The van der Waals surface area contributed by atoms with E-state index in [0.717, 1.165) is 0 Å². The molecule has 1 nitrogen and oxygen atoms in total. The molecule has 0 unspecified atom stereocenters. The summed E-state index contributed by atoms with van der Waals surface area (Å²) in [5.41, 5.74) is 0. The molecule has 0 N–H and O–H groups in total. The molecule has 0 radical (unpaired) electrons. The molecule has 0 aromatic carbocycles. The Bertz CT molecular complexity index is 70.2. The summed E-state index contributed by atoms with van der Waals surface area (Å²) in [6.45, 7) is 9.67. The Morgan fingerprint density at radius 2 is 1.44 bits per heavy atom. The molecule has 0 aromatic heterocycles. The topological polar surface area (TPSA) is 3.24 Å². The van der Waals surface area contributed by atoms with E-state index in [1.54, 1.807) is 0 Å². The van der Waals surface area contributed by atoms with Crippen molar-refractivity contribution in [3.63, 3.8) is 0 Å². The summed E-state index contributed by atoms with van der Waals surface area (Å²) in [6, 6.07) is 0. The van der Waals surface area contributed by atoms with Gasteiger partial charge in [-0.05, 0) is 0 Å². The highest BCUT2D eigenvalue weighted by Gasteiger charge is 2.12. The minimum absolute atomic E-state index is 0.00231. The van der Waals surface area contributed by atoms with Crippen molar-refractivity contribution in [1.29, 1.82) is 0 Å². The van der Waals surface area contributed by atoms with Gasteiger partial charge in [0.15, 0.2) is 8.30 Å². The van der Waals surface area contributed by atoms with E-state index >= 15 is 0 Å². The Morgan fingerprint density at radius 3 is 1.44 bits per heavy atom. The van der Waals surface area contributed by atoms with E-state index in [4.69, 9.17) is 0 Å². The van der Waals surface area contributed by atoms with E-state index in [2.05, 4.69) is 45.4 Å². The lowest BCUT2D eigenvalue weighted by Crippen LogP contribution is -2.43. The molecule has 0 fully saturated rings. The van der Waals surface area contributed by atoms with Crippen molar-refractivity contribution in [3.05, 3.63) is 0 Å². The third kappa shape index (κ3) is 3.72. The number of halogens is 1. The predicted molar refractivity (Wildman–Crippen MR) is 57.1 cm³/mol. The molecule has 0 atom stereocenters. The van der Waals surface area contributed by atoms with Crippen LogP contribution in [-0.4, -0.2) is 30.1 Å². The van der Waals surface area contributed by atoms with E-state index in [1.807, 2.05) is 0 Å². The Labute approximate surface area is 71.7 Å². The molecule has 0 saturated heterocycles. The third-order valence-corrected chi connectivity index (χ3v) is 18.4. The zero-order chi connectivity index (χ0) is 7.44. The van der Waals surface area contributed by atoms with Crippen LogP contribution in [0.15, 0.2) is 0 Å². The van der Waals surface area contributed by atoms with Crippen LogP contribution < -0.4 is 0 Å². The Hall–Kier alpha value is 1.09. The molecule has 0 saturated carbocycles. The summed E-state index contributed by atoms with van der Waals surface area (Å²) in [6.07, 6.45) is 0. The first-order valence-corrected chi connectivity index (χ1v) is 13.6. The Morgan fingerprint density at radius 1 is 1.11 bits per heavy atom. The fourth-order valence-corrected chi connectivity index (χ4v) is 18.3. The second-order valence-corrected chi connectivity index (χ2v) is 13.1. The van der Waals surface area contributed by atoms with Gasteiger partial charge in [-0.25, -0.2) is 0 Å². The Kier molecular flexibility index (Phi) is 5.42. The standard InChI is InChI=1S/C4H16BrNSi3/c1-8(2)6(7-5)9(3)4/h8-9H,7H2,1-4H3. The molecule has 0 aliphatic heterocycles. The first-order valence-electron chi connectivity index (χ1n) is 3.41. The number of hydrogen-bond acceptors (Lipinski definition) is 1. The van der Waals surface area contributed by atoms with Gasteiger partial charge < -0.3 is 3.90 Å². The molecule has 56 valence electrons. The maximum atomic E-state index is 3.65. The van der Waals surface area contributed by atoms with Crippen LogP contribution >= 0.6 is 15.3 Å². The lowest BCUT2D eigenvalue weighted by Gasteiger charge is -2.26. The highest BCUT2D eigenvalue weighted by Crippen LogP contribution is 1.99. The zero-order valence-electron chi connectivity index (χ0n) is 6.69. The molecular formula is C4H16BrNSi3. The van der Waals surface area contributed by atoms with Gasteiger partial charge in [0, 0.05) is 0 Å². The van der Waals surface area contributed by atoms with Crippen molar-refractivity contribution >= 4 is 41.5 Å². The first kappa shape index (κ1) is 10.1. The van der Waals surface area contributed by atoms with Gasteiger partial charge in [0.25, 0.3) is 0 Å². The first-order chi connectivity index (χ1) is 4.09. The number of rotatable bonds is 3. The quantitative estimate of drug-likeness (QED) is 0.519. The van der Waals surface area contributed by atoms with Crippen molar-refractivity contribution in [3.8, 4) is 0 Å². The molecular weight excluding hydrogens is 226 g/mol. The fourth-order valence-electron chi connectivity index (χ4n) is 0.872. The van der Waals surface area contributed by atoms with Gasteiger partial charge in [-0.3, -0.25) is 0 Å². The van der Waals surface area contributed by atoms with E-state index in [-0.39, 0.29) is 8.30 Å². The van der Waals surface area contributed by atoms with Gasteiger partial charge >= 0.3 is 0 Å². The van der Waals surface area contributed by atoms with Gasteiger partial charge in [0.2, 0.25) is 0 Å². The summed E-state index contributed by atoms with van der Waals surface area (Å²) in [5, 5.41) is 0. The van der Waals surface area contributed by atoms with Gasteiger partial charge in [-0.2, -0.15) is 0 Å². The minimum Gasteiger partial charge on any atom is -0.370 e. The van der Waals surface area contributed by atoms with Crippen molar-refractivity contribution in [2.24, 2.45) is 0 Å². The molecule has 0 amide bonds. The van der Waals surface area contributed by atoms with E-state index in [1.165, 1.54) is 0 Å². The van der Waals surface area contributed by atoms with Crippen molar-refractivity contribution in [2.45, 2.75) is 26.2 Å². The van der Waals surface area contributed by atoms with Crippen LogP contribution in [-0.2, 0) is 0 Å². The van der Waals surface area contributed by atoms with Gasteiger partial charge in [0.1, 0.15) is 0 Å². The van der Waals surface area contributed by atoms with Crippen molar-refractivity contribution < 1.29 is 0 Å². The van der Waals surface area contributed by atoms with Gasteiger partial charge in [-0.15, -0.1) is 15.3 Å². The molecule has 0 spiro atoms. The summed E-state index contributed by atoms with van der Waals surface area (Å²) in [7, 11) is -0.865. The maximum absolute atomic E-state index is 3.65. The zero-order valence-corrected chi connectivity index (χ0v) is 12.0. The van der Waals surface area contributed by atoms with Crippen LogP contribution in [0.3, 0.4) is 0 Å². The van der Waals surface area contributed by atoms with Gasteiger partial charge in [-0.1, -0.05) is 26.2 Å². The maximum Gasteiger partial charge on any atom is 0.157 e. The van der Waals surface area contributed by atoms with Gasteiger partial charge in [0.05, 0.1) is 17.9 Å². The molecule has 0 aliphatic rings. The third-order valence-electron chi connectivity index (χ3n) is 1.46. The SMILES string of the molecule is C[SiH](C)N([SiH2]Br)[SiH](C)C. The van der Waals surface area contributed by atoms with Crippen LogP contribution in [0.1, 0.15) is 0 Å². The van der Waals surface area contributed by atoms with Crippen molar-refractivity contribution in [1.82, 2.24) is 3.90 Å². The highest BCUT2D eigenvalue weighted by atomic mass is 79.9. The normalized spacial score (nSPS) is 13.3. The van der Waals surface area contributed by atoms with Crippen LogP contribution in [0, 0.1) is 0 Å². The second-order valence-electron chi connectivity index (χ2n) is 2.82. The summed E-state index contributed by atoms with van der Waals surface area (Å²) >= 11 is 3.65. The number of hydrogen-bond donors (Lipinski definition) is 0. The Balaban J connectivity index is 3.68. The molecule has 9 heavy (non-hydrogen) atoms. The lowest BCUT2D eigenvalue weighted by molar-refractivity contribution is 1.05. The van der Waals surface area contributed by atoms with E-state index in [0.29, 0.717) is 0 Å². The van der Waals surface area contributed by atoms with Crippen LogP contribution in [0.4, 0.5) is 0 Å². The van der Waals surface area contributed by atoms with Crippen molar-refractivity contribution in [2.75, 3.05) is 0 Å². The fraction of sp³-hybridized carbons (Fsp3) is 1.00. The number of nitrogens with zero attached hydrogens (tertiary/aromatic N) is 1. The monoisotopic (exact) mass is 241 g/mol. The molecule has 0 aromatic rings. The summed E-state index contributed by atoms with van der Waals surface area (Å²) in [4.78, 5) is 0. The molecule has 0 rings (SSSR count). The molecule has 0 aliphatic carbocycles. The van der Waals surface area contributed by atoms with E-state index in [9.17, 15) is 0 Å². The minimum atomic E-state index is -0.433. The largest absolute Gasteiger partial charge is 0.370 e. The van der Waals surface area contributed by atoms with Crippen LogP contribution in [0.2, 0.25) is 26.2 Å². The average molecular weight is 242 g/mol. The van der Waals surface area contributed by atoms with Crippen LogP contribution in [0.5, 0.6) is 0 Å². The average Bonchev–Trinajstić information content (AvgIpc) is 1.64. The molecule has 0 bridgehead atoms. The lowest BCUT2D eigenvalue weighted by atomic mass is 11.9. The second kappa shape index (κ2) is 4.84. The smallest absolute Gasteiger partial charge is 0.157 e. The predicted octanol–water partition coefficient (Wildman–Crippen LogP) is 0.649. The summed E-state index contributed by atoms with van der Waals surface area (Å²) in [5.74, 6) is 0. The highest BCUT2D eigenvalue weighted by molar-refractivity contribution is 9.23.